The van der Waals surface area contributed by atoms with Crippen LogP contribution in [0.2, 0.25) is 0 Å². The lowest BCUT2D eigenvalue weighted by atomic mass is 10.3. The largest absolute Gasteiger partial charge is 0.465 e. The molecule has 1 aliphatic heterocycles. The van der Waals surface area contributed by atoms with E-state index in [1.807, 2.05) is 4.90 Å². The summed E-state index contributed by atoms with van der Waals surface area (Å²) in [5.74, 6) is 1.69. The second-order valence-corrected chi connectivity index (χ2v) is 5.92. The van der Waals surface area contributed by atoms with Crippen LogP contribution in [0.25, 0.3) is 17.7 Å². The van der Waals surface area contributed by atoms with Crippen LogP contribution in [0.5, 0.6) is 0 Å². The van der Waals surface area contributed by atoms with Gasteiger partial charge < -0.3 is 23.1 Å². The lowest BCUT2D eigenvalue weighted by Gasteiger charge is -2.33. The molecule has 27 heavy (non-hydrogen) atoms. The average molecular weight is 364 g/mol. The lowest BCUT2D eigenvalue weighted by Crippen LogP contribution is -2.48. The molecule has 0 radical (unpaired) electrons. The van der Waals surface area contributed by atoms with Gasteiger partial charge in [-0.1, -0.05) is 0 Å². The first-order chi connectivity index (χ1) is 13.2. The molecule has 3 aromatic rings. The molecule has 1 aliphatic rings. The van der Waals surface area contributed by atoms with Gasteiger partial charge in [-0.15, -0.1) is 0 Å². The molecule has 0 spiro atoms. The van der Waals surface area contributed by atoms with Crippen molar-refractivity contribution in [3.05, 3.63) is 54.3 Å². The van der Waals surface area contributed by atoms with E-state index < -0.39 is 0 Å². The molecule has 8 heteroatoms. The zero-order valence-corrected chi connectivity index (χ0v) is 14.4. The fourth-order valence-corrected chi connectivity index (χ4v) is 2.88. The highest BCUT2D eigenvalue weighted by molar-refractivity contribution is 5.91. The maximum atomic E-state index is 12.3. The number of carbonyl (C=O) groups is 1. The maximum Gasteiger partial charge on any atom is 0.266 e. The van der Waals surface area contributed by atoms with Crippen molar-refractivity contribution >= 4 is 17.9 Å². The van der Waals surface area contributed by atoms with Gasteiger partial charge in [0.2, 0.25) is 17.5 Å². The SMILES string of the molecule is N#Cc1nc(-c2ccco2)oc1N1CCN(C(=O)C=Cc2ccco2)CC1. The standard InChI is InChI=1S/C19H16N4O4/c20-13-15-19(27-18(21-15)16-4-2-12-26-16)23-9-7-22(8-10-23)17(24)6-5-14-3-1-11-25-14/h1-6,11-12H,7-10H2. The van der Waals surface area contributed by atoms with Crippen LogP contribution in [0.3, 0.4) is 0 Å². The summed E-state index contributed by atoms with van der Waals surface area (Å²) in [6.45, 7) is 2.12. The third-order valence-corrected chi connectivity index (χ3v) is 4.26. The van der Waals surface area contributed by atoms with E-state index in [-0.39, 0.29) is 17.5 Å². The van der Waals surface area contributed by atoms with Gasteiger partial charge in [-0.05, 0) is 30.3 Å². The monoisotopic (exact) mass is 364 g/mol. The molecule has 1 saturated heterocycles. The number of hydrogen-bond donors (Lipinski definition) is 0. The van der Waals surface area contributed by atoms with Crippen LogP contribution >= 0.6 is 0 Å². The fraction of sp³-hybridized carbons (Fsp3) is 0.211. The number of aromatic nitrogens is 1. The van der Waals surface area contributed by atoms with Crippen molar-refractivity contribution in [1.29, 1.82) is 5.26 Å². The lowest BCUT2D eigenvalue weighted by molar-refractivity contribution is -0.126. The summed E-state index contributed by atoms with van der Waals surface area (Å²) < 4.78 is 16.2. The first-order valence-electron chi connectivity index (χ1n) is 8.45. The predicted molar refractivity (Wildman–Crippen MR) is 95.5 cm³/mol. The van der Waals surface area contributed by atoms with Crippen molar-refractivity contribution in [3.8, 4) is 17.7 Å². The highest BCUT2D eigenvalue weighted by atomic mass is 16.4. The zero-order valence-electron chi connectivity index (χ0n) is 14.4. The van der Waals surface area contributed by atoms with Crippen molar-refractivity contribution in [1.82, 2.24) is 9.88 Å². The molecular formula is C19H16N4O4. The van der Waals surface area contributed by atoms with Crippen molar-refractivity contribution in [2.24, 2.45) is 0 Å². The van der Waals surface area contributed by atoms with Crippen molar-refractivity contribution in [2.75, 3.05) is 31.1 Å². The summed E-state index contributed by atoms with van der Waals surface area (Å²) in [4.78, 5) is 20.1. The molecule has 4 rings (SSSR count). The molecule has 0 unspecified atom stereocenters. The number of hydrogen-bond acceptors (Lipinski definition) is 7. The van der Waals surface area contributed by atoms with Gasteiger partial charge in [0.25, 0.3) is 5.89 Å². The molecular weight excluding hydrogens is 348 g/mol. The highest BCUT2D eigenvalue weighted by Gasteiger charge is 2.26. The Morgan fingerprint density at radius 2 is 1.93 bits per heavy atom. The number of nitrogens with zero attached hydrogens (tertiary/aromatic N) is 4. The van der Waals surface area contributed by atoms with E-state index in [0.29, 0.717) is 43.6 Å². The van der Waals surface area contributed by atoms with Crippen LogP contribution in [0.4, 0.5) is 5.88 Å². The van der Waals surface area contributed by atoms with Crippen LogP contribution < -0.4 is 4.90 Å². The maximum absolute atomic E-state index is 12.3. The van der Waals surface area contributed by atoms with Crippen molar-refractivity contribution < 1.29 is 18.0 Å². The van der Waals surface area contributed by atoms with Crippen LogP contribution in [-0.4, -0.2) is 42.0 Å². The van der Waals surface area contributed by atoms with Crippen molar-refractivity contribution in [2.45, 2.75) is 0 Å². The van der Waals surface area contributed by atoms with E-state index >= 15 is 0 Å². The smallest absolute Gasteiger partial charge is 0.266 e. The number of anilines is 1. The number of nitriles is 1. The van der Waals surface area contributed by atoms with Gasteiger partial charge in [0, 0.05) is 32.3 Å². The molecule has 0 saturated carbocycles. The van der Waals surface area contributed by atoms with Crippen LogP contribution in [-0.2, 0) is 4.79 Å². The molecule has 4 heterocycles. The van der Waals surface area contributed by atoms with Crippen molar-refractivity contribution in [3.63, 3.8) is 0 Å². The third-order valence-electron chi connectivity index (χ3n) is 4.26. The predicted octanol–water partition coefficient (Wildman–Crippen LogP) is 2.76. The highest BCUT2D eigenvalue weighted by Crippen LogP contribution is 2.29. The summed E-state index contributed by atoms with van der Waals surface area (Å²) in [6.07, 6.45) is 6.23. The number of amides is 1. The van der Waals surface area contributed by atoms with E-state index in [1.54, 1.807) is 41.5 Å². The Bertz CT molecular complexity index is 972. The fourth-order valence-electron chi connectivity index (χ4n) is 2.88. The number of rotatable bonds is 4. The third kappa shape index (κ3) is 3.48. The van der Waals surface area contributed by atoms with E-state index in [0.717, 1.165) is 0 Å². The Balaban J connectivity index is 1.42. The average Bonchev–Trinajstić information content (AvgIpc) is 3.47. The Kier molecular flexibility index (Phi) is 4.49. The second-order valence-electron chi connectivity index (χ2n) is 5.92. The summed E-state index contributed by atoms with van der Waals surface area (Å²) in [5.41, 5.74) is 0.207. The van der Waals surface area contributed by atoms with Gasteiger partial charge in [0.15, 0.2) is 5.76 Å². The summed E-state index contributed by atoms with van der Waals surface area (Å²) in [7, 11) is 0. The van der Waals surface area contributed by atoms with Crippen LogP contribution in [0.1, 0.15) is 11.5 Å². The Labute approximate surface area is 154 Å². The Hall–Kier alpha value is -3.73. The zero-order chi connectivity index (χ0) is 18.6. The van der Waals surface area contributed by atoms with E-state index in [2.05, 4.69) is 11.1 Å². The molecule has 1 fully saturated rings. The Morgan fingerprint density at radius 3 is 2.59 bits per heavy atom. The summed E-state index contributed by atoms with van der Waals surface area (Å²) in [5, 5.41) is 9.35. The minimum atomic E-state index is -0.0830. The minimum absolute atomic E-state index is 0.0830. The number of furan rings is 2. The molecule has 0 atom stereocenters. The molecule has 0 N–H and O–H groups in total. The Morgan fingerprint density at radius 1 is 1.15 bits per heavy atom. The molecule has 8 nitrogen and oxygen atoms in total. The van der Waals surface area contributed by atoms with Crippen LogP contribution in [0.15, 0.2) is 56.1 Å². The van der Waals surface area contributed by atoms with Gasteiger partial charge >= 0.3 is 0 Å². The number of piperazine rings is 1. The molecule has 136 valence electrons. The second kappa shape index (κ2) is 7.25. The molecule has 1 amide bonds. The summed E-state index contributed by atoms with van der Waals surface area (Å²) in [6, 6.07) is 9.06. The molecule has 3 aromatic heterocycles. The topological polar surface area (TPSA) is 99.6 Å². The van der Waals surface area contributed by atoms with E-state index in [4.69, 9.17) is 13.3 Å². The number of oxazole rings is 1. The molecule has 0 aromatic carbocycles. The molecule has 0 bridgehead atoms. The number of carbonyl (C=O) groups excluding carboxylic acids is 1. The summed E-state index contributed by atoms with van der Waals surface area (Å²) >= 11 is 0. The van der Waals surface area contributed by atoms with E-state index in [1.165, 1.54) is 12.3 Å². The van der Waals surface area contributed by atoms with Gasteiger partial charge in [0.05, 0.1) is 12.5 Å². The van der Waals surface area contributed by atoms with Gasteiger partial charge in [-0.3, -0.25) is 4.79 Å². The normalized spacial score (nSPS) is 14.6. The van der Waals surface area contributed by atoms with E-state index in [9.17, 15) is 10.1 Å². The minimum Gasteiger partial charge on any atom is -0.465 e. The van der Waals surface area contributed by atoms with Gasteiger partial charge in [0.1, 0.15) is 11.8 Å². The first-order valence-corrected chi connectivity index (χ1v) is 8.45. The van der Waals surface area contributed by atoms with Gasteiger partial charge in [-0.25, -0.2) is 0 Å². The quantitative estimate of drug-likeness (QED) is 0.656. The molecule has 0 aliphatic carbocycles. The first kappa shape index (κ1) is 16.7. The van der Waals surface area contributed by atoms with Gasteiger partial charge in [-0.2, -0.15) is 10.2 Å². The van der Waals surface area contributed by atoms with Crippen LogP contribution in [0, 0.1) is 11.3 Å².